The van der Waals surface area contributed by atoms with Crippen LogP contribution in [0, 0.1) is 0 Å². The molecule has 0 spiro atoms. The van der Waals surface area contributed by atoms with Gasteiger partial charge in [-0.2, -0.15) is 0 Å². The number of unbranched alkanes of at least 4 members (excludes halogenated alkanes) is 56. The van der Waals surface area contributed by atoms with E-state index in [2.05, 4.69) is 19.2 Å². The molecule has 0 aliphatic heterocycles. The van der Waals surface area contributed by atoms with E-state index in [9.17, 15) is 19.8 Å². The molecule has 6 heteroatoms. The van der Waals surface area contributed by atoms with Crippen molar-refractivity contribution >= 4 is 11.9 Å². The summed E-state index contributed by atoms with van der Waals surface area (Å²) < 4.78 is 5.49. The van der Waals surface area contributed by atoms with Crippen LogP contribution in [0.5, 0.6) is 0 Å². The lowest BCUT2D eigenvalue weighted by atomic mass is 10.0. The normalized spacial score (nSPS) is 12.4. The van der Waals surface area contributed by atoms with E-state index in [0.717, 1.165) is 38.5 Å². The van der Waals surface area contributed by atoms with Crippen molar-refractivity contribution < 1.29 is 24.5 Å². The highest BCUT2D eigenvalue weighted by Gasteiger charge is 2.20. The highest BCUT2D eigenvalue weighted by atomic mass is 16.5. The first-order valence-corrected chi connectivity index (χ1v) is 35.3. The highest BCUT2D eigenvalue weighted by Crippen LogP contribution is 2.20. The zero-order valence-corrected chi connectivity index (χ0v) is 52.0. The highest BCUT2D eigenvalue weighted by molar-refractivity contribution is 5.76. The van der Waals surface area contributed by atoms with Gasteiger partial charge in [-0.1, -0.05) is 373 Å². The minimum atomic E-state index is -0.666. The number of carbonyl (C=O) groups excluding carboxylic acids is 2. The van der Waals surface area contributed by atoms with E-state index >= 15 is 0 Å². The molecule has 3 N–H and O–H groups in total. The Kier molecular flexibility index (Phi) is 65.4. The topological polar surface area (TPSA) is 95.9 Å². The molecule has 0 fully saturated rings. The molecule has 2 unspecified atom stereocenters. The Morgan fingerprint density at radius 1 is 0.316 bits per heavy atom. The van der Waals surface area contributed by atoms with E-state index in [-0.39, 0.29) is 18.5 Å². The number of carbonyl (C=O) groups is 2. The summed E-state index contributed by atoms with van der Waals surface area (Å²) in [6.07, 6.45) is 80.0. The van der Waals surface area contributed by atoms with E-state index in [4.69, 9.17) is 4.74 Å². The van der Waals surface area contributed by atoms with Crippen LogP contribution in [-0.4, -0.2) is 47.4 Å². The lowest BCUT2D eigenvalue weighted by molar-refractivity contribution is -0.143. The van der Waals surface area contributed by atoms with Crippen molar-refractivity contribution in [3.05, 3.63) is 0 Å². The number of aliphatic hydroxyl groups excluding tert-OH is 2. The number of ether oxygens (including phenoxy) is 1. The average Bonchev–Trinajstić information content (AvgIpc) is 3.42. The van der Waals surface area contributed by atoms with Crippen LogP contribution in [0.4, 0.5) is 0 Å². The predicted octanol–water partition coefficient (Wildman–Crippen LogP) is 22.6. The second-order valence-corrected chi connectivity index (χ2v) is 24.6. The molecule has 0 saturated carbocycles. The van der Waals surface area contributed by atoms with Crippen molar-refractivity contribution in [1.29, 1.82) is 0 Å². The third-order valence-electron chi connectivity index (χ3n) is 16.9. The van der Waals surface area contributed by atoms with Gasteiger partial charge in [0.15, 0.2) is 0 Å². The predicted molar refractivity (Wildman–Crippen MR) is 334 cm³/mol. The minimum Gasteiger partial charge on any atom is -0.466 e. The van der Waals surface area contributed by atoms with Gasteiger partial charge in [0.1, 0.15) is 0 Å². The second kappa shape index (κ2) is 66.4. The maximum atomic E-state index is 12.6. The molecule has 0 saturated heterocycles. The molecule has 0 aromatic rings. The lowest BCUT2D eigenvalue weighted by Crippen LogP contribution is -2.45. The van der Waals surface area contributed by atoms with Gasteiger partial charge in [0.05, 0.1) is 25.4 Å². The van der Waals surface area contributed by atoms with Crippen molar-refractivity contribution in [2.45, 2.75) is 424 Å². The van der Waals surface area contributed by atoms with E-state index in [1.54, 1.807) is 0 Å². The quantitative estimate of drug-likeness (QED) is 0.0417. The van der Waals surface area contributed by atoms with Gasteiger partial charge in [0.25, 0.3) is 0 Å². The summed E-state index contributed by atoms with van der Waals surface area (Å²) >= 11 is 0. The molecular formula is C70H139NO5. The fraction of sp³-hybridized carbons (Fsp3) is 0.971. The van der Waals surface area contributed by atoms with Gasteiger partial charge in [-0.05, 0) is 25.7 Å². The number of hydrogen-bond acceptors (Lipinski definition) is 5. The summed E-state index contributed by atoms with van der Waals surface area (Å²) in [5, 5.41) is 23.4. The summed E-state index contributed by atoms with van der Waals surface area (Å²) in [5.41, 5.74) is 0. The van der Waals surface area contributed by atoms with E-state index < -0.39 is 12.1 Å². The molecule has 0 aromatic heterocycles. The van der Waals surface area contributed by atoms with Crippen LogP contribution in [0.1, 0.15) is 412 Å². The maximum absolute atomic E-state index is 12.6. The molecular weight excluding hydrogens is 935 g/mol. The molecule has 0 heterocycles. The van der Waals surface area contributed by atoms with Gasteiger partial charge in [-0.3, -0.25) is 9.59 Å². The van der Waals surface area contributed by atoms with Crippen molar-refractivity contribution in [2.24, 2.45) is 0 Å². The zero-order chi connectivity index (χ0) is 55.0. The molecule has 6 nitrogen and oxygen atoms in total. The van der Waals surface area contributed by atoms with Gasteiger partial charge in [-0.25, -0.2) is 0 Å². The standard InChI is InChI=1S/C70H139NO5/c1-3-5-7-9-11-13-15-17-19-20-21-22-23-24-25-26-29-32-35-38-42-46-50-54-58-62-68(73)67(66-72)71-69(74)63-59-55-51-47-43-39-36-33-30-27-28-31-34-37-41-45-49-53-57-61-65-76-70(75)64-60-56-52-48-44-40-18-16-14-12-10-8-6-4-2/h67-68,72-73H,3-66H2,1-2H3,(H,71,74). The molecule has 0 aromatic carbocycles. The average molecular weight is 1070 g/mol. The van der Waals surface area contributed by atoms with Crippen molar-refractivity contribution in [3.8, 4) is 0 Å². The molecule has 0 radical (unpaired) electrons. The molecule has 1 amide bonds. The van der Waals surface area contributed by atoms with Crippen LogP contribution < -0.4 is 5.32 Å². The minimum absolute atomic E-state index is 0.0146. The van der Waals surface area contributed by atoms with E-state index in [0.29, 0.717) is 25.9 Å². The van der Waals surface area contributed by atoms with Crippen LogP contribution in [0.3, 0.4) is 0 Å². The molecule has 0 aliphatic rings. The van der Waals surface area contributed by atoms with E-state index in [1.807, 2.05) is 0 Å². The second-order valence-electron chi connectivity index (χ2n) is 24.6. The fourth-order valence-electron chi connectivity index (χ4n) is 11.5. The van der Waals surface area contributed by atoms with Gasteiger partial charge < -0.3 is 20.3 Å². The van der Waals surface area contributed by atoms with E-state index in [1.165, 1.54) is 340 Å². The summed E-state index contributed by atoms with van der Waals surface area (Å²) in [5.74, 6) is -0.0162. The largest absolute Gasteiger partial charge is 0.466 e. The number of aliphatic hydroxyl groups is 2. The Morgan fingerprint density at radius 3 is 0.803 bits per heavy atom. The van der Waals surface area contributed by atoms with Crippen LogP contribution in [0.2, 0.25) is 0 Å². The van der Waals surface area contributed by atoms with Crippen LogP contribution in [0.15, 0.2) is 0 Å². The first kappa shape index (κ1) is 74.9. The lowest BCUT2D eigenvalue weighted by Gasteiger charge is -2.22. The number of esters is 1. The zero-order valence-electron chi connectivity index (χ0n) is 52.0. The molecule has 2 atom stereocenters. The first-order chi connectivity index (χ1) is 37.5. The van der Waals surface area contributed by atoms with Crippen LogP contribution >= 0.6 is 0 Å². The van der Waals surface area contributed by atoms with Crippen LogP contribution in [0.25, 0.3) is 0 Å². The van der Waals surface area contributed by atoms with Gasteiger partial charge >= 0.3 is 5.97 Å². The molecule has 0 rings (SSSR count). The Hall–Kier alpha value is -1.14. The van der Waals surface area contributed by atoms with Crippen molar-refractivity contribution in [1.82, 2.24) is 5.32 Å². The number of amides is 1. The molecule has 0 aliphatic carbocycles. The van der Waals surface area contributed by atoms with Gasteiger partial charge in [-0.15, -0.1) is 0 Å². The SMILES string of the molecule is CCCCCCCCCCCCCCCCCCCCCCCCCCCC(O)C(CO)NC(=O)CCCCCCCCCCCCCCCCCCCCCCOC(=O)CCCCCCCCCCCCCCCC. The monoisotopic (exact) mass is 1070 g/mol. The molecule has 454 valence electrons. The fourth-order valence-corrected chi connectivity index (χ4v) is 11.5. The number of hydrogen-bond donors (Lipinski definition) is 3. The number of nitrogens with one attached hydrogen (secondary N) is 1. The molecule has 0 bridgehead atoms. The summed E-state index contributed by atoms with van der Waals surface area (Å²) in [4.78, 5) is 24.6. The third kappa shape index (κ3) is 62.1. The summed E-state index contributed by atoms with van der Waals surface area (Å²) in [6, 6.07) is -0.543. The third-order valence-corrected chi connectivity index (χ3v) is 16.9. The smallest absolute Gasteiger partial charge is 0.305 e. The van der Waals surface area contributed by atoms with Gasteiger partial charge in [0.2, 0.25) is 5.91 Å². The van der Waals surface area contributed by atoms with Gasteiger partial charge in [0, 0.05) is 12.8 Å². The van der Waals surface area contributed by atoms with Crippen molar-refractivity contribution in [3.63, 3.8) is 0 Å². The molecule has 76 heavy (non-hydrogen) atoms. The van der Waals surface area contributed by atoms with Crippen LogP contribution in [-0.2, 0) is 14.3 Å². The Morgan fingerprint density at radius 2 is 0.539 bits per heavy atom. The summed E-state index contributed by atoms with van der Waals surface area (Å²) in [6.45, 7) is 5.00. The summed E-state index contributed by atoms with van der Waals surface area (Å²) in [7, 11) is 0. The Labute approximate surface area is 476 Å². The van der Waals surface area contributed by atoms with Crippen molar-refractivity contribution in [2.75, 3.05) is 13.2 Å². The Bertz CT molecular complexity index is 1100. The Balaban J connectivity index is 3.38. The number of rotatable bonds is 67. The maximum Gasteiger partial charge on any atom is 0.305 e. The first-order valence-electron chi connectivity index (χ1n) is 35.3.